The highest BCUT2D eigenvalue weighted by molar-refractivity contribution is 5.83. The summed E-state index contributed by atoms with van der Waals surface area (Å²) in [5, 5.41) is 27.8. The lowest BCUT2D eigenvalue weighted by Gasteiger charge is -2.79. The molecule has 0 aromatic carbocycles. The normalized spacial score (nSPS) is 52.9. The average molecular weight is 817 g/mol. The van der Waals surface area contributed by atoms with E-state index in [0.717, 1.165) is 6.92 Å². The number of epoxide rings is 1. The summed E-state index contributed by atoms with van der Waals surface area (Å²) in [5.74, 6) is -7.76. The molecule has 1 aromatic heterocycles. The molecule has 17 nitrogen and oxygen atoms in total. The summed E-state index contributed by atoms with van der Waals surface area (Å²) in [6, 6.07) is 1.62. The third-order valence-electron chi connectivity index (χ3n) is 16.4. The van der Waals surface area contributed by atoms with Crippen LogP contribution in [-0.2, 0) is 66.6 Å². The van der Waals surface area contributed by atoms with Crippen molar-refractivity contribution in [2.24, 2.45) is 28.1 Å². The summed E-state index contributed by atoms with van der Waals surface area (Å²) in [7, 11) is 1.21. The summed E-state index contributed by atoms with van der Waals surface area (Å²) in [6.45, 7) is 14.3. The van der Waals surface area contributed by atoms with E-state index in [4.69, 9.17) is 47.0 Å². The Bertz CT molecular complexity index is 2020. The van der Waals surface area contributed by atoms with Gasteiger partial charge in [-0.1, -0.05) is 34.6 Å². The molecule has 5 heterocycles. The van der Waals surface area contributed by atoms with Gasteiger partial charge in [0, 0.05) is 42.1 Å². The number of ether oxygens (including phenoxy) is 9. The summed E-state index contributed by atoms with van der Waals surface area (Å²) in [4.78, 5) is 70.0. The second kappa shape index (κ2) is 11.4. The Balaban J connectivity index is 1.40. The first-order chi connectivity index (χ1) is 26.9. The number of esters is 5. The maximum Gasteiger partial charge on any atom is 0.341 e. The molecule has 8 aliphatic rings. The van der Waals surface area contributed by atoms with E-state index in [-0.39, 0.29) is 12.8 Å². The number of hydrogen-bond donors (Lipinski definition) is 2. The van der Waals surface area contributed by atoms with E-state index < -0.39 is 141 Å². The maximum atomic E-state index is 14.2. The Morgan fingerprint density at radius 1 is 0.983 bits per heavy atom. The number of fused-ring (bicyclic) bond motifs is 2. The lowest BCUT2D eigenvalue weighted by Crippen LogP contribution is -2.99. The van der Waals surface area contributed by atoms with Crippen LogP contribution in [0.4, 0.5) is 0 Å². The zero-order valence-electron chi connectivity index (χ0n) is 34.3. The Kier molecular flexibility index (Phi) is 7.83. The molecule has 318 valence electrons. The van der Waals surface area contributed by atoms with E-state index in [2.05, 4.69) is 0 Å². The Labute approximate surface area is 334 Å². The molecule has 4 saturated carbocycles. The van der Waals surface area contributed by atoms with Crippen molar-refractivity contribution in [2.45, 2.75) is 165 Å². The van der Waals surface area contributed by atoms with E-state index in [9.17, 15) is 34.2 Å². The van der Waals surface area contributed by atoms with Crippen LogP contribution in [-0.4, -0.2) is 111 Å². The smallest absolute Gasteiger partial charge is 0.341 e. The molecule has 4 aliphatic carbocycles. The Morgan fingerprint density at radius 2 is 1.66 bits per heavy atom. The van der Waals surface area contributed by atoms with E-state index in [1.807, 2.05) is 6.92 Å². The molecular weight excluding hydrogens is 764 g/mol. The van der Waals surface area contributed by atoms with Crippen LogP contribution >= 0.6 is 0 Å². The molecule has 13 unspecified atom stereocenters. The molecule has 58 heavy (non-hydrogen) atoms. The number of rotatable bonds is 9. The largest absolute Gasteiger partial charge is 0.472 e. The van der Waals surface area contributed by atoms with Crippen molar-refractivity contribution < 1.29 is 81.2 Å². The number of methoxy groups -OCH3 is 1. The third-order valence-corrected chi connectivity index (χ3v) is 16.4. The van der Waals surface area contributed by atoms with Gasteiger partial charge in [-0.15, -0.1) is 0 Å². The Morgan fingerprint density at radius 3 is 2.24 bits per heavy atom. The summed E-state index contributed by atoms with van der Waals surface area (Å²) >= 11 is 0. The van der Waals surface area contributed by atoms with Crippen LogP contribution in [0.15, 0.2) is 23.0 Å². The van der Waals surface area contributed by atoms with E-state index in [0.29, 0.717) is 12.0 Å². The summed E-state index contributed by atoms with van der Waals surface area (Å²) < 4.78 is 63.0. The first-order valence-corrected chi connectivity index (χ1v) is 20.0. The second-order valence-corrected chi connectivity index (χ2v) is 19.0. The van der Waals surface area contributed by atoms with Crippen LogP contribution < -0.4 is 0 Å². The number of carbonyl (C=O) groups excluding carboxylic acids is 5. The minimum Gasteiger partial charge on any atom is -0.472 e. The average Bonchev–Trinajstić information content (AvgIpc) is 3.60. The highest BCUT2D eigenvalue weighted by atomic mass is 17.0. The van der Waals surface area contributed by atoms with E-state index >= 15 is 0 Å². The van der Waals surface area contributed by atoms with Gasteiger partial charge in [-0.25, -0.2) is 4.79 Å². The van der Waals surface area contributed by atoms with Crippen molar-refractivity contribution in [1.29, 1.82) is 0 Å². The van der Waals surface area contributed by atoms with Gasteiger partial charge in [0.2, 0.25) is 0 Å². The number of aliphatic hydroxyl groups is 2. The van der Waals surface area contributed by atoms with Crippen molar-refractivity contribution in [3.63, 3.8) is 0 Å². The van der Waals surface area contributed by atoms with Gasteiger partial charge in [-0.05, 0) is 45.1 Å². The zero-order chi connectivity index (χ0) is 42.2. The van der Waals surface area contributed by atoms with Gasteiger partial charge in [0.05, 0.1) is 38.1 Å². The highest BCUT2D eigenvalue weighted by Gasteiger charge is 3.07. The molecule has 17 heteroatoms. The van der Waals surface area contributed by atoms with E-state index in [1.54, 1.807) is 40.7 Å². The monoisotopic (exact) mass is 816 g/mol. The van der Waals surface area contributed by atoms with Crippen LogP contribution in [0, 0.1) is 28.1 Å². The number of cyclic esters (lactones) is 1. The minimum atomic E-state index is -2.78. The molecular formula is C41H52O17. The first-order valence-electron chi connectivity index (χ1n) is 20.0. The lowest BCUT2D eigenvalue weighted by atomic mass is 9.31. The Hall–Kier alpha value is -3.61. The fourth-order valence-corrected chi connectivity index (χ4v) is 13.6. The number of furan rings is 1. The van der Waals surface area contributed by atoms with Crippen LogP contribution in [0.25, 0.3) is 0 Å². The molecule has 1 aromatic rings. The molecule has 2 spiro atoms. The molecule has 4 saturated heterocycles. The van der Waals surface area contributed by atoms with Crippen LogP contribution in [0.1, 0.15) is 106 Å². The molecule has 0 radical (unpaired) electrons. The molecule has 9 rings (SSSR count). The minimum absolute atomic E-state index is 0.149. The lowest BCUT2D eigenvalue weighted by molar-refractivity contribution is -0.479. The molecule has 0 amide bonds. The summed E-state index contributed by atoms with van der Waals surface area (Å²) in [5.41, 5.74) is -17.7. The fourth-order valence-electron chi connectivity index (χ4n) is 13.6. The van der Waals surface area contributed by atoms with Gasteiger partial charge in [0.1, 0.15) is 29.5 Å². The molecule has 8 fully saturated rings. The van der Waals surface area contributed by atoms with Gasteiger partial charge in [-0.2, -0.15) is 0 Å². The third kappa shape index (κ3) is 3.98. The predicted molar refractivity (Wildman–Crippen MR) is 189 cm³/mol. The maximum absolute atomic E-state index is 14.2. The van der Waals surface area contributed by atoms with Gasteiger partial charge in [-0.3, -0.25) is 19.2 Å². The topological polar surface area (TPSA) is 225 Å². The van der Waals surface area contributed by atoms with E-state index in [1.165, 1.54) is 33.5 Å². The fraction of sp³-hybridized carbons (Fsp3) is 0.780. The van der Waals surface area contributed by atoms with Gasteiger partial charge < -0.3 is 57.3 Å². The molecule has 2 N–H and O–H groups in total. The van der Waals surface area contributed by atoms with Gasteiger partial charge >= 0.3 is 29.8 Å². The van der Waals surface area contributed by atoms with Crippen LogP contribution in [0.3, 0.4) is 0 Å². The van der Waals surface area contributed by atoms with Crippen LogP contribution in [0.5, 0.6) is 0 Å². The molecule has 4 bridgehead atoms. The van der Waals surface area contributed by atoms with Crippen molar-refractivity contribution >= 4 is 29.8 Å². The number of hydrogen-bond acceptors (Lipinski definition) is 17. The first kappa shape index (κ1) is 39.8. The van der Waals surface area contributed by atoms with Crippen molar-refractivity contribution in [2.75, 3.05) is 7.11 Å². The quantitative estimate of drug-likeness (QED) is 0.208. The standard InChI is InChI=1S/C41H52O17/c1-11-19(2)28(45)52-24-15-33(6)27(22-12-13-50-17-22)53-26(44)16-38(33)41-30(51-21(4)42)39(48)29(54-31(46)34(7)20(3)55-34)32(5)18-37(39,47)35(8,23(32)14-25(43)49-10)40(24,41)57-36(9,56-38)58-41/h12-13,17,19-20,23-24,27,29-30,47-48H,11,14-16,18H2,1-10H3/t19?,20?,23-,24?,27-,29-,30?,32?,33-,34?,35?,36?,37?,38?,39?,40?,41?/m0/s1. The predicted octanol–water partition coefficient (Wildman–Crippen LogP) is 2.71. The molecule has 4 aliphatic heterocycles. The van der Waals surface area contributed by atoms with Gasteiger partial charge in [0.15, 0.2) is 28.5 Å². The molecule has 17 atom stereocenters. The van der Waals surface area contributed by atoms with Crippen LogP contribution in [0.2, 0.25) is 0 Å². The van der Waals surface area contributed by atoms with Crippen molar-refractivity contribution in [1.82, 2.24) is 0 Å². The van der Waals surface area contributed by atoms with Crippen molar-refractivity contribution in [3.8, 4) is 0 Å². The van der Waals surface area contributed by atoms with Gasteiger partial charge in [0.25, 0.3) is 5.97 Å². The SMILES string of the molecule is CCC(C)C(=O)OC1C[C@@]2(C)[C@H](c3ccoc3)OC(=O)CC23OC2(C)OC14C3(O2)C(OC(C)=O)C1(O)[C@@H](OC(=O)C2(C)OC2C)C2(C)CC1(O)C4(C)[C@H]2CC(=O)OC. The number of carbonyl (C=O) groups is 5. The summed E-state index contributed by atoms with van der Waals surface area (Å²) in [6.07, 6.45) is -5.16. The zero-order valence-corrected chi connectivity index (χ0v) is 34.3. The highest BCUT2D eigenvalue weighted by Crippen LogP contribution is 2.89. The van der Waals surface area contributed by atoms with Crippen molar-refractivity contribution in [3.05, 3.63) is 24.2 Å². The second-order valence-electron chi connectivity index (χ2n) is 19.0.